The molecular formula is C14H20F3NS. The molecule has 0 aromatic heterocycles. The maximum absolute atomic E-state index is 12.5. The molecule has 19 heavy (non-hydrogen) atoms. The molecule has 0 saturated carbocycles. The van der Waals surface area contributed by atoms with Gasteiger partial charge in [0, 0.05) is 17.3 Å². The summed E-state index contributed by atoms with van der Waals surface area (Å²) < 4.78 is 37.5. The topological polar surface area (TPSA) is 12.0 Å². The Kier molecular flexibility index (Phi) is 5.33. The van der Waals surface area contributed by atoms with Gasteiger partial charge in [0.15, 0.2) is 0 Å². The Morgan fingerprint density at radius 1 is 1.16 bits per heavy atom. The second-order valence-electron chi connectivity index (χ2n) is 5.19. The molecule has 1 aromatic carbocycles. The third-order valence-electron chi connectivity index (χ3n) is 3.12. The Bertz CT molecular complexity index is 398. The number of thioether (sulfide) groups is 1. The molecule has 0 fully saturated rings. The van der Waals surface area contributed by atoms with Gasteiger partial charge in [-0.2, -0.15) is 24.9 Å². The van der Waals surface area contributed by atoms with Crippen molar-refractivity contribution in [3.8, 4) is 0 Å². The molecule has 0 spiro atoms. The van der Waals surface area contributed by atoms with Gasteiger partial charge in [-0.15, -0.1) is 0 Å². The summed E-state index contributed by atoms with van der Waals surface area (Å²) in [5, 5.41) is 3.35. The zero-order valence-electron chi connectivity index (χ0n) is 11.6. The van der Waals surface area contributed by atoms with Crippen molar-refractivity contribution in [1.82, 2.24) is 5.32 Å². The molecule has 0 saturated heterocycles. The zero-order valence-corrected chi connectivity index (χ0v) is 12.5. The summed E-state index contributed by atoms with van der Waals surface area (Å²) in [7, 11) is 0. The van der Waals surface area contributed by atoms with Gasteiger partial charge in [0.2, 0.25) is 0 Å². The van der Waals surface area contributed by atoms with Gasteiger partial charge in [0.1, 0.15) is 0 Å². The highest BCUT2D eigenvalue weighted by atomic mass is 32.2. The minimum atomic E-state index is -4.27. The molecule has 0 aliphatic heterocycles. The molecule has 0 amide bonds. The summed E-state index contributed by atoms with van der Waals surface area (Å²) in [6.07, 6.45) is -2.22. The van der Waals surface area contributed by atoms with Crippen LogP contribution in [-0.4, -0.2) is 17.5 Å². The van der Waals surface area contributed by atoms with E-state index in [1.807, 2.05) is 13.2 Å². The molecule has 0 bridgehead atoms. The molecule has 1 aromatic rings. The van der Waals surface area contributed by atoms with E-state index in [-0.39, 0.29) is 10.8 Å². The van der Waals surface area contributed by atoms with Gasteiger partial charge in [-0.3, -0.25) is 0 Å². The Morgan fingerprint density at radius 3 is 2.11 bits per heavy atom. The molecule has 0 aliphatic carbocycles. The average Bonchev–Trinajstić information content (AvgIpc) is 2.35. The number of nitrogens with one attached hydrogen (secondary N) is 1. The summed E-state index contributed by atoms with van der Waals surface area (Å²) in [6, 6.07) is 5.37. The number of rotatable bonds is 5. The van der Waals surface area contributed by atoms with Gasteiger partial charge in [-0.1, -0.05) is 12.1 Å². The predicted octanol–water partition coefficient (Wildman–Crippen LogP) is 4.50. The number of halogens is 3. The zero-order chi connectivity index (χ0) is 14.7. The fraction of sp³-hybridized carbons (Fsp3) is 0.571. The summed E-state index contributed by atoms with van der Waals surface area (Å²) in [6.45, 7) is 7.02. The van der Waals surface area contributed by atoms with Gasteiger partial charge in [-0.25, -0.2) is 0 Å². The smallest absolute Gasteiger partial charge is 0.309 e. The van der Waals surface area contributed by atoms with E-state index < -0.39 is 11.7 Å². The first-order valence-corrected chi connectivity index (χ1v) is 7.34. The van der Waals surface area contributed by atoms with Gasteiger partial charge in [-0.05, 0) is 44.7 Å². The summed E-state index contributed by atoms with van der Waals surface area (Å²) >= 11 is 1.76. The first kappa shape index (κ1) is 16.4. The maximum Gasteiger partial charge on any atom is 0.416 e. The highest BCUT2D eigenvalue weighted by molar-refractivity contribution is 7.99. The van der Waals surface area contributed by atoms with Crippen molar-refractivity contribution in [2.75, 3.05) is 12.8 Å². The molecule has 5 heteroatoms. The lowest BCUT2D eigenvalue weighted by atomic mass is 10.1. The number of hydrogen-bond acceptors (Lipinski definition) is 2. The highest BCUT2D eigenvalue weighted by Gasteiger charge is 2.30. The molecule has 1 nitrogen and oxygen atoms in total. The minimum Gasteiger partial charge on any atom is -0.309 e. The number of alkyl halides is 3. The molecule has 108 valence electrons. The van der Waals surface area contributed by atoms with Crippen LogP contribution in [0.4, 0.5) is 13.2 Å². The Labute approximate surface area is 117 Å². The predicted molar refractivity (Wildman–Crippen MR) is 75.5 cm³/mol. The molecule has 1 N–H and O–H groups in total. The van der Waals surface area contributed by atoms with Gasteiger partial charge >= 0.3 is 6.18 Å². The maximum atomic E-state index is 12.5. The van der Waals surface area contributed by atoms with Crippen LogP contribution in [0.3, 0.4) is 0 Å². The highest BCUT2D eigenvalue weighted by Crippen LogP contribution is 2.30. The van der Waals surface area contributed by atoms with E-state index in [0.717, 1.165) is 24.2 Å². The van der Waals surface area contributed by atoms with Crippen molar-refractivity contribution >= 4 is 11.8 Å². The fourth-order valence-electron chi connectivity index (χ4n) is 1.55. The van der Waals surface area contributed by atoms with Crippen molar-refractivity contribution in [2.45, 2.75) is 37.7 Å². The van der Waals surface area contributed by atoms with Crippen LogP contribution in [0.15, 0.2) is 24.3 Å². The quantitative estimate of drug-likeness (QED) is 0.857. The van der Waals surface area contributed by atoms with Gasteiger partial charge in [0.05, 0.1) is 5.56 Å². The Hall–Kier alpha value is -0.680. The van der Waals surface area contributed by atoms with E-state index in [0.29, 0.717) is 0 Å². The first-order valence-electron chi connectivity index (χ1n) is 6.11. The third-order valence-corrected chi connectivity index (χ3v) is 4.37. The molecular weight excluding hydrogens is 271 g/mol. The minimum absolute atomic E-state index is 0.0358. The van der Waals surface area contributed by atoms with Crippen LogP contribution in [0.25, 0.3) is 0 Å². The molecule has 1 rings (SSSR count). The van der Waals surface area contributed by atoms with Crippen LogP contribution in [0.1, 0.15) is 37.9 Å². The molecule has 0 radical (unpaired) electrons. The van der Waals surface area contributed by atoms with E-state index >= 15 is 0 Å². The average molecular weight is 291 g/mol. The monoisotopic (exact) mass is 291 g/mol. The van der Waals surface area contributed by atoms with Crippen LogP contribution in [0.2, 0.25) is 0 Å². The van der Waals surface area contributed by atoms with Crippen molar-refractivity contribution in [2.24, 2.45) is 0 Å². The van der Waals surface area contributed by atoms with E-state index in [1.165, 1.54) is 12.1 Å². The lowest BCUT2D eigenvalue weighted by Crippen LogP contribution is -2.33. The molecule has 1 unspecified atom stereocenters. The number of benzene rings is 1. The van der Waals surface area contributed by atoms with Crippen molar-refractivity contribution in [3.05, 3.63) is 35.4 Å². The van der Waals surface area contributed by atoms with Crippen molar-refractivity contribution in [1.29, 1.82) is 0 Å². The van der Waals surface area contributed by atoms with Crippen LogP contribution in [-0.2, 0) is 6.18 Å². The van der Waals surface area contributed by atoms with E-state index in [2.05, 4.69) is 19.2 Å². The first-order chi connectivity index (χ1) is 8.65. The third kappa shape index (κ3) is 5.07. The van der Waals surface area contributed by atoms with Crippen LogP contribution < -0.4 is 5.32 Å². The molecule has 1 atom stereocenters. The SMILES string of the molecule is CSC(C)(C)CNC(C)c1ccc(C(F)(F)F)cc1. The van der Waals surface area contributed by atoms with E-state index in [1.54, 1.807) is 11.8 Å². The summed E-state index contributed by atoms with van der Waals surface area (Å²) in [4.78, 5) is 0. The lowest BCUT2D eigenvalue weighted by Gasteiger charge is -2.25. The standard InChI is InChI=1S/C14H20F3NS/c1-10(18-9-13(2,3)19-4)11-5-7-12(8-6-11)14(15,16)17/h5-8,10,18H,9H2,1-4H3. The van der Waals surface area contributed by atoms with Crippen LogP contribution in [0, 0.1) is 0 Å². The number of hydrogen-bond donors (Lipinski definition) is 1. The fourth-order valence-corrected chi connectivity index (χ4v) is 1.78. The van der Waals surface area contributed by atoms with Gasteiger partial charge < -0.3 is 5.32 Å². The van der Waals surface area contributed by atoms with Crippen LogP contribution >= 0.6 is 11.8 Å². The van der Waals surface area contributed by atoms with Crippen molar-refractivity contribution < 1.29 is 13.2 Å². The lowest BCUT2D eigenvalue weighted by molar-refractivity contribution is -0.137. The second-order valence-corrected chi connectivity index (χ2v) is 6.70. The molecule has 0 heterocycles. The summed E-state index contributed by atoms with van der Waals surface area (Å²) in [5.41, 5.74) is 0.262. The van der Waals surface area contributed by atoms with E-state index in [4.69, 9.17) is 0 Å². The second kappa shape index (κ2) is 6.18. The Balaban J connectivity index is 2.66. The van der Waals surface area contributed by atoms with Crippen molar-refractivity contribution in [3.63, 3.8) is 0 Å². The largest absolute Gasteiger partial charge is 0.416 e. The van der Waals surface area contributed by atoms with Gasteiger partial charge in [0.25, 0.3) is 0 Å². The Morgan fingerprint density at radius 2 is 1.68 bits per heavy atom. The van der Waals surface area contributed by atoms with Crippen LogP contribution in [0.5, 0.6) is 0 Å². The van der Waals surface area contributed by atoms with E-state index in [9.17, 15) is 13.2 Å². The molecule has 0 aliphatic rings. The normalized spacial score (nSPS) is 14.5. The summed E-state index contributed by atoms with van der Waals surface area (Å²) in [5.74, 6) is 0.